The summed E-state index contributed by atoms with van der Waals surface area (Å²) in [4.78, 5) is 0. The topological polar surface area (TPSA) is 51.2 Å². The molecule has 0 unspecified atom stereocenters. The van der Waals surface area contributed by atoms with E-state index < -0.39 is 7.82 Å². The minimum absolute atomic E-state index is 0.140. The van der Waals surface area contributed by atoms with Crippen molar-refractivity contribution in [3.05, 3.63) is 27.2 Å². The maximum Gasteiger partial charge on any atom is 0.538 e. The second-order valence-electron chi connectivity index (χ2n) is 2.90. The predicted molar refractivity (Wildman–Crippen MR) is 56.7 cm³/mol. The van der Waals surface area contributed by atoms with Gasteiger partial charge in [0.15, 0.2) is 0 Å². The minimum Gasteiger partial charge on any atom is -0.222 e. The summed E-state index contributed by atoms with van der Waals surface area (Å²) in [6.45, 7) is 0. The first-order valence-corrected chi connectivity index (χ1v) is 6.52. The van der Waals surface area contributed by atoms with Gasteiger partial charge >= 0.3 is 7.82 Å². The van der Waals surface area contributed by atoms with Crippen molar-refractivity contribution in [2.45, 2.75) is 0 Å². The van der Waals surface area contributed by atoms with Crippen LogP contribution >= 0.6 is 42.6 Å². The highest BCUT2D eigenvalue weighted by atomic mass is 35.5. The van der Waals surface area contributed by atoms with Crippen LogP contribution in [0.15, 0.2) is 12.1 Å². The highest BCUT2D eigenvalue weighted by Crippen LogP contribution is 2.67. The Kier molecular flexibility index (Phi) is 2.41. The zero-order chi connectivity index (χ0) is 11.5. The first-order valence-electron chi connectivity index (χ1n) is 3.93. The molecule has 0 amide bonds. The zero-order valence-electron chi connectivity index (χ0n) is 7.26. The first kappa shape index (κ1) is 11.1. The van der Waals surface area contributed by atoms with Crippen molar-refractivity contribution in [3.63, 3.8) is 0 Å². The molecular formula is C6H2Cl3N2O4P. The van der Waals surface area contributed by atoms with Gasteiger partial charge in [-0.05, 0) is 12.1 Å². The highest BCUT2D eigenvalue weighted by Gasteiger charge is 2.60. The van der Waals surface area contributed by atoms with Gasteiger partial charge in [-0.2, -0.15) is 0 Å². The summed E-state index contributed by atoms with van der Waals surface area (Å²) in [6.07, 6.45) is 0. The number of hydrogen-bond acceptors (Lipinski definition) is 6. The molecule has 1 aromatic rings. The summed E-state index contributed by atoms with van der Waals surface area (Å²) in [5.41, 5.74) is 0.311. The molecule has 0 spiro atoms. The monoisotopic (exact) mass is 302 g/mol. The van der Waals surface area contributed by atoms with Crippen LogP contribution < -0.4 is 5.17 Å². The molecule has 6 nitrogen and oxygen atoms in total. The van der Waals surface area contributed by atoms with Gasteiger partial charge in [0.1, 0.15) is 5.69 Å². The first-order chi connectivity index (χ1) is 7.50. The maximum absolute atomic E-state index is 11.3. The van der Waals surface area contributed by atoms with Gasteiger partial charge in [0.2, 0.25) is 0 Å². The second-order valence-corrected chi connectivity index (χ2v) is 5.44. The van der Waals surface area contributed by atoms with Crippen molar-refractivity contribution in [2.75, 3.05) is 5.17 Å². The van der Waals surface area contributed by atoms with Crippen molar-refractivity contribution >= 4 is 48.3 Å². The van der Waals surface area contributed by atoms with Crippen LogP contribution in [0.25, 0.3) is 0 Å². The van der Waals surface area contributed by atoms with Crippen molar-refractivity contribution in [1.29, 1.82) is 0 Å². The van der Waals surface area contributed by atoms with E-state index in [4.69, 9.17) is 39.4 Å². The standard InChI is InChI=1S/C6H2Cl3N2O4P/c7-3-1-2-4(6(9)5(3)8)10-11-14-16(12,13-10)15-11/h1-2H. The van der Waals surface area contributed by atoms with Crippen molar-refractivity contribution in [2.24, 2.45) is 0 Å². The maximum atomic E-state index is 11.3. The largest absolute Gasteiger partial charge is 0.538 e. The van der Waals surface area contributed by atoms with Crippen molar-refractivity contribution < 1.29 is 18.4 Å². The lowest BCUT2D eigenvalue weighted by Gasteiger charge is -2.22. The lowest BCUT2D eigenvalue weighted by molar-refractivity contribution is -0.318. The molecule has 3 heterocycles. The van der Waals surface area contributed by atoms with Crippen LogP contribution in [-0.4, -0.2) is 5.34 Å². The normalized spacial score (nSPS) is 31.7. The molecule has 10 heteroatoms. The molecule has 0 radical (unpaired) electrons. The fourth-order valence-electron chi connectivity index (χ4n) is 1.19. The van der Waals surface area contributed by atoms with Gasteiger partial charge in [-0.15, -0.1) is 19.0 Å². The zero-order valence-corrected chi connectivity index (χ0v) is 10.4. The lowest BCUT2D eigenvalue weighted by atomic mass is 10.3. The second kappa shape index (κ2) is 3.48. The molecule has 0 N–H and O–H groups in total. The molecule has 3 aliphatic heterocycles. The Balaban J connectivity index is 2.02. The Hall–Kier alpha value is -0.0400. The number of rotatable bonds is 1. The summed E-state index contributed by atoms with van der Waals surface area (Å²) < 4.78 is 25.5. The van der Waals surface area contributed by atoms with E-state index in [9.17, 15) is 4.57 Å². The van der Waals surface area contributed by atoms with Gasteiger partial charge in [0.05, 0.1) is 20.4 Å². The fraction of sp³-hybridized carbons (Fsp3) is 0. The molecule has 0 aliphatic carbocycles. The van der Waals surface area contributed by atoms with Gasteiger partial charge in [-0.3, -0.25) is 0 Å². The number of fused-ring (bicyclic) bond motifs is 1. The Labute approximate surface area is 105 Å². The van der Waals surface area contributed by atoms with E-state index in [0.29, 0.717) is 10.7 Å². The molecule has 2 bridgehead atoms. The molecular weight excluding hydrogens is 301 g/mol. The van der Waals surface area contributed by atoms with E-state index in [2.05, 4.69) is 9.25 Å². The molecule has 4 rings (SSSR count). The summed E-state index contributed by atoms with van der Waals surface area (Å²) in [5.74, 6) is 0. The van der Waals surface area contributed by atoms with Crippen LogP contribution in [0.1, 0.15) is 0 Å². The van der Waals surface area contributed by atoms with Crippen LogP contribution in [0.5, 0.6) is 0 Å². The summed E-state index contributed by atoms with van der Waals surface area (Å²) in [5, 5.41) is 2.39. The quantitative estimate of drug-likeness (QED) is 0.583. The third kappa shape index (κ3) is 1.47. The number of phosphoric acid groups is 1. The average molecular weight is 303 g/mol. The third-order valence-electron chi connectivity index (χ3n) is 1.89. The van der Waals surface area contributed by atoms with Crippen molar-refractivity contribution in [1.82, 2.24) is 5.34 Å². The van der Waals surface area contributed by atoms with Gasteiger partial charge in [0, 0.05) is 0 Å². The smallest absolute Gasteiger partial charge is 0.222 e. The molecule has 1 aromatic carbocycles. The van der Waals surface area contributed by atoms with Gasteiger partial charge in [-0.1, -0.05) is 34.8 Å². The average Bonchev–Trinajstić information content (AvgIpc) is 2.67. The van der Waals surface area contributed by atoms with Crippen LogP contribution in [0, 0.1) is 0 Å². The number of halogens is 3. The predicted octanol–water partition coefficient (Wildman–Crippen LogP) is 3.60. The molecule has 3 saturated heterocycles. The Morgan fingerprint density at radius 1 is 1.06 bits per heavy atom. The van der Waals surface area contributed by atoms with E-state index in [-0.39, 0.29) is 10.0 Å². The SMILES string of the molecule is O=P12ON(O1)N(c1ccc(Cl)c(Cl)c1Cl)O2. The number of benzene rings is 1. The van der Waals surface area contributed by atoms with E-state index in [1.54, 1.807) is 0 Å². The molecule has 16 heavy (non-hydrogen) atoms. The van der Waals surface area contributed by atoms with E-state index in [0.717, 1.165) is 10.5 Å². The Bertz CT molecular complexity index is 517. The number of anilines is 1. The van der Waals surface area contributed by atoms with Crippen molar-refractivity contribution in [3.8, 4) is 0 Å². The summed E-state index contributed by atoms with van der Waals surface area (Å²) >= 11 is 17.5. The van der Waals surface area contributed by atoms with E-state index >= 15 is 0 Å². The fourth-order valence-corrected chi connectivity index (χ4v) is 2.68. The van der Waals surface area contributed by atoms with Crippen LogP contribution in [0.3, 0.4) is 0 Å². The number of hydrazine groups is 1. The molecule has 3 aliphatic rings. The molecule has 0 atom stereocenters. The van der Waals surface area contributed by atoms with Crippen LogP contribution in [0.4, 0.5) is 5.69 Å². The molecule has 3 fully saturated rings. The van der Waals surface area contributed by atoms with E-state index in [1.807, 2.05) is 0 Å². The number of nitrogens with zero attached hydrogens (tertiary/aromatic N) is 2. The minimum atomic E-state index is -3.45. The van der Waals surface area contributed by atoms with Crippen LogP contribution in [0.2, 0.25) is 15.1 Å². The lowest BCUT2D eigenvalue weighted by Crippen LogP contribution is -2.34. The summed E-state index contributed by atoms with van der Waals surface area (Å²) in [6, 6.07) is 3.04. The van der Waals surface area contributed by atoms with Gasteiger partial charge < -0.3 is 0 Å². The van der Waals surface area contributed by atoms with Crippen LogP contribution in [-0.2, 0) is 18.4 Å². The van der Waals surface area contributed by atoms with Gasteiger partial charge in [0.25, 0.3) is 0 Å². The number of hydrogen-bond donors (Lipinski definition) is 0. The molecule has 0 aromatic heterocycles. The summed E-state index contributed by atoms with van der Waals surface area (Å²) in [7, 11) is -3.45. The van der Waals surface area contributed by atoms with E-state index in [1.165, 1.54) is 12.1 Å². The Morgan fingerprint density at radius 3 is 2.31 bits per heavy atom. The third-order valence-corrected chi connectivity index (χ3v) is 4.20. The van der Waals surface area contributed by atoms with Gasteiger partial charge in [-0.25, -0.2) is 4.57 Å². The molecule has 86 valence electrons. The molecule has 0 saturated carbocycles. The highest BCUT2D eigenvalue weighted by molar-refractivity contribution is 7.49. The Morgan fingerprint density at radius 2 is 1.75 bits per heavy atom.